The summed E-state index contributed by atoms with van der Waals surface area (Å²) in [6.45, 7) is 8.04. The van der Waals surface area contributed by atoms with Crippen LogP contribution in [-0.2, 0) is 15.2 Å². The van der Waals surface area contributed by atoms with Crippen LogP contribution < -0.4 is 5.32 Å². The number of nitrogens with one attached hydrogen (secondary N) is 1. The highest BCUT2D eigenvalue weighted by Gasteiger charge is 2.50. The fourth-order valence-corrected chi connectivity index (χ4v) is 4.64. The van der Waals surface area contributed by atoms with Gasteiger partial charge >= 0.3 is 0 Å². The first-order valence-corrected chi connectivity index (χ1v) is 11.4. The van der Waals surface area contributed by atoms with Crippen LogP contribution >= 0.6 is 11.6 Å². The molecule has 0 saturated carbocycles. The third-order valence-corrected chi connectivity index (χ3v) is 6.81. The van der Waals surface area contributed by atoms with E-state index in [4.69, 9.17) is 11.6 Å². The summed E-state index contributed by atoms with van der Waals surface area (Å²) in [5.74, 6) is -0.856. The Morgan fingerprint density at radius 3 is 2.59 bits per heavy atom. The van der Waals surface area contributed by atoms with Gasteiger partial charge < -0.3 is 15.3 Å². The molecule has 1 atom stereocenters. The average Bonchev–Trinajstić information content (AvgIpc) is 2.71. The molecule has 1 unspecified atom stereocenters. The Hall–Kier alpha value is -2.18. The molecule has 0 aromatic heterocycles. The molecule has 1 saturated heterocycles. The molecule has 0 spiro atoms. The summed E-state index contributed by atoms with van der Waals surface area (Å²) in [6, 6.07) is 4.35. The normalized spacial score (nSPS) is 23.0. The highest BCUT2D eigenvalue weighted by Crippen LogP contribution is 2.46. The van der Waals surface area contributed by atoms with Crippen LogP contribution in [-0.4, -0.2) is 40.4 Å². The lowest BCUT2D eigenvalue weighted by Gasteiger charge is -2.51. The van der Waals surface area contributed by atoms with E-state index < -0.39 is 22.4 Å². The van der Waals surface area contributed by atoms with Crippen LogP contribution in [0, 0.1) is 11.2 Å². The van der Waals surface area contributed by atoms with Crippen molar-refractivity contribution in [2.75, 3.05) is 13.1 Å². The van der Waals surface area contributed by atoms with Crippen molar-refractivity contribution >= 4 is 23.4 Å². The number of carbonyl (C=O) groups excluding carboxylic acids is 2. The van der Waals surface area contributed by atoms with Crippen molar-refractivity contribution in [1.29, 1.82) is 0 Å². The molecule has 1 aliphatic heterocycles. The SMILES string of the molecule is CC(C)(CC(=O)N1CCC(O)(c2ccc(Cl)c(F)c2)C(C)(C)C1)NC(=O)C1=CCCC=C1. The molecule has 0 radical (unpaired) electrons. The van der Waals surface area contributed by atoms with Crippen molar-refractivity contribution in [2.45, 2.75) is 64.5 Å². The summed E-state index contributed by atoms with van der Waals surface area (Å²) < 4.78 is 14.0. The maximum absolute atomic E-state index is 14.0. The molecule has 1 aromatic carbocycles. The lowest BCUT2D eigenvalue weighted by molar-refractivity contribution is -0.154. The number of allylic oxidation sites excluding steroid dienone is 2. The van der Waals surface area contributed by atoms with Crippen LogP contribution in [0.2, 0.25) is 5.02 Å². The molecule has 2 amide bonds. The Kier molecular flexibility index (Phi) is 6.87. The van der Waals surface area contributed by atoms with Gasteiger partial charge in [0.1, 0.15) is 5.82 Å². The number of carbonyl (C=O) groups is 2. The van der Waals surface area contributed by atoms with E-state index in [0.717, 1.165) is 12.8 Å². The summed E-state index contributed by atoms with van der Waals surface area (Å²) in [7, 11) is 0. The maximum atomic E-state index is 14.0. The molecule has 32 heavy (non-hydrogen) atoms. The first-order valence-electron chi connectivity index (χ1n) is 11.0. The minimum atomic E-state index is -1.29. The summed E-state index contributed by atoms with van der Waals surface area (Å²) in [5.41, 5.74) is -1.66. The Labute approximate surface area is 194 Å². The average molecular weight is 463 g/mol. The van der Waals surface area contributed by atoms with Gasteiger partial charge in [0.05, 0.1) is 10.6 Å². The van der Waals surface area contributed by atoms with Crippen molar-refractivity contribution < 1.29 is 19.1 Å². The van der Waals surface area contributed by atoms with Crippen LogP contribution in [0.4, 0.5) is 4.39 Å². The third kappa shape index (κ3) is 5.07. The largest absolute Gasteiger partial charge is 0.384 e. The first-order chi connectivity index (χ1) is 14.8. The van der Waals surface area contributed by atoms with Gasteiger partial charge in [-0.15, -0.1) is 0 Å². The van der Waals surface area contributed by atoms with Gasteiger partial charge in [-0.25, -0.2) is 4.39 Å². The van der Waals surface area contributed by atoms with E-state index in [1.807, 2.05) is 45.9 Å². The zero-order chi connectivity index (χ0) is 23.7. The van der Waals surface area contributed by atoms with E-state index in [9.17, 15) is 19.1 Å². The molecule has 2 aliphatic rings. The Balaban J connectivity index is 1.67. The fourth-order valence-electron chi connectivity index (χ4n) is 4.52. The van der Waals surface area contributed by atoms with E-state index in [2.05, 4.69) is 5.32 Å². The van der Waals surface area contributed by atoms with Crippen molar-refractivity contribution in [2.24, 2.45) is 5.41 Å². The van der Waals surface area contributed by atoms with Crippen LogP contribution in [0.1, 0.15) is 58.9 Å². The highest BCUT2D eigenvalue weighted by molar-refractivity contribution is 6.30. The van der Waals surface area contributed by atoms with E-state index in [-0.39, 0.29) is 29.7 Å². The molecular formula is C25H32ClFN2O3. The molecule has 7 heteroatoms. The molecule has 1 aromatic rings. The van der Waals surface area contributed by atoms with Gasteiger partial charge in [0.2, 0.25) is 5.91 Å². The molecule has 2 N–H and O–H groups in total. The summed E-state index contributed by atoms with van der Waals surface area (Å²) in [6.07, 6.45) is 7.86. The molecule has 3 rings (SSSR count). The zero-order valence-electron chi connectivity index (χ0n) is 19.2. The van der Waals surface area contributed by atoms with Crippen LogP contribution in [0.3, 0.4) is 0 Å². The van der Waals surface area contributed by atoms with Crippen LogP contribution in [0.25, 0.3) is 0 Å². The molecule has 1 heterocycles. The van der Waals surface area contributed by atoms with Crippen LogP contribution in [0.5, 0.6) is 0 Å². The molecule has 1 fully saturated rings. The van der Waals surface area contributed by atoms with Crippen molar-refractivity contribution in [3.63, 3.8) is 0 Å². The van der Waals surface area contributed by atoms with Gasteiger partial charge in [0.25, 0.3) is 5.91 Å². The van der Waals surface area contributed by atoms with Gasteiger partial charge in [-0.1, -0.05) is 49.7 Å². The summed E-state index contributed by atoms with van der Waals surface area (Å²) in [4.78, 5) is 27.3. The number of hydrogen-bond acceptors (Lipinski definition) is 3. The van der Waals surface area contributed by atoms with E-state index in [0.29, 0.717) is 24.2 Å². The quantitative estimate of drug-likeness (QED) is 0.677. The zero-order valence-corrected chi connectivity index (χ0v) is 19.9. The summed E-state index contributed by atoms with van der Waals surface area (Å²) >= 11 is 5.80. The minimum absolute atomic E-state index is 0.00605. The Bertz CT molecular complexity index is 970. The first kappa shape index (κ1) is 24.5. The lowest BCUT2D eigenvalue weighted by Crippen LogP contribution is -2.58. The Morgan fingerprint density at radius 1 is 1.28 bits per heavy atom. The van der Waals surface area contributed by atoms with Gasteiger partial charge in [-0.05, 0) is 50.8 Å². The number of likely N-dealkylation sites (tertiary alicyclic amines) is 1. The van der Waals surface area contributed by atoms with E-state index in [1.165, 1.54) is 12.1 Å². The van der Waals surface area contributed by atoms with Crippen molar-refractivity contribution in [3.8, 4) is 0 Å². The second-order valence-electron chi connectivity index (χ2n) is 10.1. The smallest absolute Gasteiger partial charge is 0.251 e. The third-order valence-electron chi connectivity index (χ3n) is 6.50. The topological polar surface area (TPSA) is 69.6 Å². The Morgan fingerprint density at radius 2 is 2.00 bits per heavy atom. The predicted molar refractivity (Wildman–Crippen MR) is 124 cm³/mol. The number of piperidine rings is 1. The monoisotopic (exact) mass is 462 g/mol. The summed E-state index contributed by atoms with van der Waals surface area (Å²) in [5, 5.41) is 14.4. The minimum Gasteiger partial charge on any atom is -0.384 e. The number of hydrogen-bond donors (Lipinski definition) is 2. The second kappa shape index (κ2) is 8.99. The highest BCUT2D eigenvalue weighted by atomic mass is 35.5. The number of amides is 2. The number of aliphatic hydroxyl groups is 1. The number of rotatable bonds is 5. The number of nitrogens with zero attached hydrogens (tertiary/aromatic N) is 1. The number of benzene rings is 1. The van der Waals surface area contributed by atoms with Gasteiger partial charge in [-0.2, -0.15) is 0 Å². The second-order valence-corrected chi connectivity index (χ2v) is 10.5. The molecular weight excluding hydrogens is 431 g/mol. The molecule has 1 aliphatic carbocycles. The molecule has 174 valence electrons. The standard InChI is InChI=1S/C25H32ClFN2O3/c1-23(2)16-29(13-12-25(23,32)18-10-11-19(26)20(27)14-18)21(30)15-24(3,4)28-22(31)17-8-6-5-7-9-17/h6,8-11,14,32H,5,7,12-13,15-16H2,1-4H3,(H,28,31). The maximum Gasteiger partial charge on any atom is 0.251 e. The van der Waals surface area contributed by atoms with Gasteiger partial charge in [-0.3, -0.25) is 9.59 Å². The lowest BCUT2D eigenvalue weighted by atomic mass is 9.66. The fraction of sp³-hybridized carbons (Fsp3) is 0.520. The van der Waals surface area contributed by atoms with Crippen LogP contribution in [0.15, 0.2) is 42.0 Å². The number of halogens is 2. The predicted octanol–water partition coefficient (Wildman–Crippen LogP) is 4.49. The molecule has 0 bridgehead atoms. The van der Waals surface area contributed by atoms with E-state index >= 15 is 0 Å². The van der Waals surface area contributed by atoms with Crippen molar-refractivity contribution in [1.82, 2.24) is 10.2 Å². The molecule has 5 nitrogen and oxygen atoms in total. The van der Waals surface area contributed by atoms with E-state index in [1.54, 1.807) is 11.0 Å². The van der Waals surface area contributed by atoms with Gasteiger partial charge in [0.15, 0.2) is 0 Å². The van der Waals surface area contributed by atoms with Gasteiger partial charge in [0, 0.05) is 36.0 Å². The van der Waals surface area contributed by atoms with Crippen molar-refractivity contribution in [3.05, 3.63) is 58.4 Å².